The molecule has 0 amide bonds. The van der Waals surface area contributed by atoms with E-state index in [1.54, 1.807) is 0 Å². The molecule has 2 aliphatic carbocycles. The largest absolute Gasteiger partial charge is 0.310 e. The molecule has 280 valence electrons. The molecule has 0 unspecified atom stereocenters. The number of hydrogen-bond acceptors (Lipinski definition) is 1. The predicted octanol–water partition coefficient (Wildman–Crippen LogP) is 15.2. The lowest BCUT2D eigenvalue weighted by Crippen LogP contribution is -2.28. The van der Waals surface area contributed by atoms with Crippen molar-refractivity contribution in [3.63, 3.8) is 0 Å². The molecule has 0 bridgehead atoms. The average Bonchev–Trinajstić information content (AvgIpc) is 3.73. The summed E-state index contributed by atoms with van der Waals surface area (Å²) in [6, 6.07) is 83.0. The summed E-state index contributed by atoms with van der Waals surface area (Å²) < 4.78 is 0. The molecule has 0 fully saturated rings. The van der Waals surface area contributed by atoms with Crippen molar-refractivity contribution in [2.24, 2.45) is 0 Å². The monoisotopic (exact) mass is 753 g/mol. The molecule has 59 heavy (non-hydrogen) atoms. The lowest BCUT2D eigenvalue weighted by Gasteiger charge is -2.34. The van der Waals surface area contributed by atoms with E-state index in [0.29, 0.717) is 0 Å². The second-order valence-corrected chi connectivity index (χ2v) is 16.5. The van der Waals surface area contributed by atoms with Crippen molar-refractivity contribution in [3.05, 3.63) is 258 Å². The predicted molar refractivity (Wildman–Crippen MR) is 247 cm³/mol. The van der Waals surface area contributed by atoms with Gasteiger partial charge in [-0.15, -0.1) is 0 Å². The fourth-order valence-corrected chi connectivity index (χ4v) is 10.2. The second-order valence-electron chi connectivity index (χ2n) is 16.5. The summed E-state index contributed by atoms with van der Waals surface area (Å²) in [4.78, 5) is 2.50. The number of fused-ring (bicyclic) bond motifs is 6. The third-order valence-electron chi connectivity index (χ3n) is 13.0. The van der Waals surface area contributed by atoms with Crippen molar-refractivity contribution < 1.29 is 0 Å². The zero-order chi connectivity index (χ0) is 39.6. The highest BCUT2D eigenvalue weighted by molar-refractivity contribution is 5.95. The lowest BCUT2D eigenvalue weighted by molar-refractivity contribution is 0.660. The highest BCUT2D eigenvalue weighted by Gasteiger charge is 2.46. The Bertz CT molecular complexity index is 2960. The molecule has 0 saturated carbocycles. The Morgan fingerprint density at radius 3 is 1.46 bits per heavy atom. The molecule has 1 nitrogen and oxygen atoms in total. The van der Waals surface area contributed by atoms with Gasteiger partial charge in [-0.05, 0) is 109 Å². The van der Waals surface area contributed by atoms with E-state index >= 15 is 0 Å². The van der Waals surface area contributed by atoms with E-state index in [1.807, 2.05) is 0 Å². The molecule has 0 aliphatic heterocycles. The minimum Gasteiger partial charge on any atom is -0.310 e. The topological polar surface area (TPSA) is 3.24 Å². The summed E-state index contributed by atoms with van der Waals surface area (Å²) in [5, 5.41) is 0. The molecule has 0 heterocycles. The van der Waals surface area contributed by atoms with Gasteiger partial charge in [-0.1, -0.05) is 202 Å². The van der Waals surface area contributed by atoms with Crippen LogP contribution in [0.2, 0.25) is 0 Å². The van der Waals surface area contributed by atoms with Gasteiger partial charge in [-0.25, -0.2) is 0 Å². The van der Waals surface area contributed by atoms with Gasteiger partial charge in [0.1, 0.15) is 0 Å². The van der Waals surface area contributed by atoms with E-state index in [1.165, 1.54) is 77.9 Å². The Hall–Kier alpha value is -7.22. The van der Waals surface area contributed by atoms with Crippen LogP contribution in [0.25, 0.3) is 44.5 Å². The smallest absolute Gasteiger partial charge is 0.0713 e. The van der Waals surface area contributed by atoms with E-state index in [2.05, 4.69) is 243 Å². The molecule has 9 aromatic rings. The standard InChI is InChI=1S/C58H43N/c1-57(2)52-29-17-15-27-47(52)49-34-32-46(39-55(49)57)59(56-36-31-42(40-19-7-3-8-20-40)37-50(56)41-21-9-4-10-22-41)45-33-35-54-51(38-45)48-28-16-18-30-53(48)58(54,43-23-11-5-12-24-43)44-25-13-6-14-26-44/h3-39H,1-2H3. The minimum absolute atomic E-state index is 0.144. The van der Waals surface area contributed by atoms with Crippen LogP contribution in [0.1, 0.15) is 47.2 Å². The Labute approximate surface area is 347 Å². The van der Waals surface area contributed by atoms with Crippen LogP contribution in [0.4, 0.5) is 17.1 Å². The van der Waals surface area contributed by atoms with E-state index in [0.717, 1.165) is 17.1 Å². The van der Waals surface area contributed by atoms with Gasteiger partial charge in [0, 0.05) is 22.4 Å². The van der Waals surface area contributed by atoms with Crippen molar-refractivity contribution >= 4 is 17.1 Å². The van der Waals surface area contributed by atoms with Crippen LogP contribution >= 0.6 is 0 Å². The maximum atomic E-state index is 2.50. The molecule has 2 aliphatic rings. The highest BCUT2D eigenvalue weighted by Crippen LogP contribution is 2.58. The Balaban J connectivity index is 1.18. The van der Waals surface area contributed by atoms with Crippen molar-refractivity contribution in [3.8, 4) is 44.5 Å². The Kier molecular flexibility index (Phi) is 8.13. The molecule has 0 spiro atoms. The summed E-state index contributed by atoms with van der Waals surface area (Å²) in [6.07, 6.45) is 0. The van der Waals surface area contributed by atoms with Crippen LogP contribution < -0.4 is 4.90 Å². The first-order chi connectivity index (χ1) is 29.0. The fourth-order valence-electron chi connectivity index (χ4n) is 10.2. The zero-order valence-electron chi connectivity index (χ0n) is 33.3. The van der Waals surface area contributed by atoms with Gasteiger partial charge in [-0.3, -0.25) is 0 Å². The number of nitrogens with zero attached hydrogens (tertiary/aromatic N) is 1. The van der Waals surface area contributed by atoms with Crippen molar-refractivity contribution in [1.82, 2.24) is 0 Å². The molecule has 0 atom stereocenters. The molecule has 0 radical (unpaired) electrons. The van der Waals surface area contributed by atoms with Crippen LogP contribution in [0.5, 0.6) is 0 Å². The van der Waals surface area contributed by atoms with Gasteiger partial charge in [0.15, 0.2) is 0 Å². The van der Waals surface area contributed by atoms with Crippen molar-refractivity contribution in [2.45, 2.75) is 24.7 Å². The highest BCUT2D eigenvalue weighted by atomic mass is 15.1. The SMILES string of the molecule is CC1(C)c2ccccc2-c2ccc(N(c3ccc4c(c3)-c3ccccc3C4(c3ccccc3)c3ccccc3)c3ccc(-c4ccccc4)cc3-c3ccccc3)cc21. The maximum Gasteiger partial charge on any atom is 0.0713 e. The molecule has 11 rings (SSSR count). The summed E-state index contributed by atoms with van der Waals surface area (Å²) in [6.45, 7) is 4.74. The summed E-state index contributed by atoms with van der Waals surface area (Å²) in [7, 11) is 0. The molecular formula is C58H43N. The number of anilines is 3. The molecule has 0 N–H and O–H groups in total. The molecule has 0 aromatic heterocycles. The summed E-state index contributed by atoms with van der Waals surface area (Å²) in [5.74, 6) is 0. The lowest BCUT2D eigenvalue weighted by atomic mass is 9.68. The van der Waals surface area contributed by atoms with Gasteiger partial charge in [0.2, 0.25) is 0 Å². The molecule has 1 heteroatoms. The fraction of sp³-hybridized carbons (Fsp3) is 0.0690. The Morgan fingerprint density at radius 1 is 0.305 bits per heavy atom. The van der Waals surface area contributed by atoms with Gasteiger partial charge < -0.3 is 4.90 Å². The average molecular weight is 754 g/mol. The normalized spacial score (nSPS) is 13.9. The molecule has 9 aromatic carbocycles. The number of hydrogen-bond donors (Lipinski definition) is 0. The maximum absolute atomic E-state index is 2.50. The molecule has 0 saturated heterocycles. The first-order valence-corrected chi connectivity index (χ1v) is 20.7. The van der Waals surface area contributed by atoms with Crippen LogP contribution in [-0.4, -0.2) is 0 Å². The second kappa shape index (κ2) is 13.7. The quantitative estimate of drug-likeness (QED) is 0.157. The summed E-state index contributed by atoms with van der Waals surface area (Å²) >= 11 is 0. The van der Waals surface area contributed by atoms with Gasteiger partial charge in [0.25, 0.3) is 0 Å². The van der Waals surface area contributed by atoms with E-state index in [4.69, 9.17) is 0 Å². The van der Waals surface area contributed by atoms with Crippen LogP contribution in [0.15, 0.2) is 224 Å². The first kappa shape index (κ1) is 35.0. The third-order valence-corrected chi connectivity index (χ3v) is 13.0. The van der Waals surface area contributed by atoms with Crippen LogP contribution in [0, 0.1) is 0 Å². The molecular weight excluding hydrogens is 711 g/mol. The zero-order valence-corrected chi connectivity index (χ0v) is 33.3. The first-order valence-electron chi connectivity index (χ1n) is 20.7. The summed E-state index contributed by atoms with van der Waals surface area (Å²) in [5.41, 5.74) is 20.6. The van der Waals surface area contributed by atoms with Gasteiger partial charge in [0.05, 0.1) is 11.1 Å². The third kappa shape index (κ3) is 5.39. The van der Waals surface area contributed by atoms with Crippen molar-refractivity contribution in [1.29, 1.82) is 0 Å². The van der Waals surface area contributed by atoms with E-state index in [9.17, 15) is 0 Å². The Morgan fingerprint density at radius 2 is 0.797 bits per heavy atom. The van der Waals surface area contributed by atoms with Gasteiger partial charge >= 0.3 is 0 Å². The van der Waals surface area contributed by atoms with Crippen molar-refractivity contribution in [2.75, 3.05) is 4.90 Å². The minimum atomic E-state index is -0.465. The van der Waals surface area contributed by atoms with E-state index < -0.39 is 5.41 Å². The number of benzene rings is 9. The van der Waals surface area contributed by atoms with Crippen LogP contribution in [0.3, 0.4) is 0 Å². The van der Waals surface area contributed by atoms with Gasteiger partial charge in [-0.2, -0.15) is 0 Å². The van der Waals surface area contributed by atoms with Crippen LogP contribution in [-0.2, 0) is 10.8 Å². The number of rotatable bonds is 7. The van der Waals surface area contributed by atoms with E-state index in [-0.39, 0.29) is 5.41 Å².